The molecule has 0 aromatic carbocycles. The van der Waals surface area contributed by atoms with Crippen molar-refractivity contribution in [3.8, 4) is 6.01 Å². The van der Waals surface area contributed by atoms with Gasteiger partial charge in [-0.1, -0.05) is 19.3 Å². The van der Waals surface area contributed by atoms with Crippen LogP contribution in [0.3, 0.4) is 0 Å². The second kappa shape index (κ2) is 7.26. The maximum absolute atomic E-state index is 5.79. The van der Waals surface area contributed by atoms with Crippen LogP contribution in [0.5, 0.6) is 6.01 Å². The number of anilines is 2. The molecular formula is C14H25N5O. The zero-order valence-electron chi connectivity index (χ0n) is 12.7. The monoisotopic (exact) mass is 279 g/mol. The van der Waals surface area contributed by atoms with E-state index in [-0.39, 0.29) is 0 Å². The SMILES string of the molecule is CCNc1nc(OCC2CCCCC2)nc(N(C)C)n1. The van der Waals surface area contributed by atoms with Crippen LogP contribution in [-0.2, 0) is 0 Å². The molecule has 1 aliphatic rings. The Hall–Kier alpha value is -1.59. The average molecular weight is 279 g/mol. The van der Waals surface area contributed by atoms with Gasteiger partial charge in [0.05, 0.1) is 6.61 Å². The quantitative estimate of drug-likeness (QED) is 0.862. The predicted molar refractivity (Wildman–Crippen MR) is 80.4 cm³/mol. The van der Waals surface area contributed by atoms with Crippen molar-refractivity contribution >= 4 is 11.9 Å². The van der Waals surface area contributed by atoms with Crippen LogP contribution in [0, 0.1) is 5.92 Å². The van der Waals surface area contributed by atoms with Crippen LogP contribution >= 0.6 is 0 Å². The van der Waals surface area contributed by atoms with Gasteiger partial charge in [0.15, 0.2) is 0 Å². The lowest BCUT2D eigenvalue weighted by Gasteiger charge is -2.21. The molecule has 0 atom stereocenters. The summed E-state index contributed by atoms with van der Waals surface area (Å²) in [7, 11) is 3.83. The minimum Gasteiger partial charge on any atom is -0.463 e. The van der Waals surface area contributed by atoms with E-state index in [1.165, 1.54) is 32.1 Å². The lowest BCUT2D eigenvalue weighted by molar-refractivity contribution is 0.196. The van der Waals surface area contributed by atoms with E-state index >= 15 is 0 Å². The van der Waals surface area contributed by atoms with Crippen LogP contribution in [0.15, 0.2) is 0 Å². The minimum absolute atomic E-state index is 0.422. The highest BCUT2D eigenvalue weighted by Gasteiger charge is 2.15. The number of aromatic nitrogens is 3. The molecule has 1 aromatic heterocycles. The van der Waals surface area contributed by atoms with Crippen molar-refractivity contribution in [3.63, 3.8) is 0 Å². The van der Waals surface area contributed by atoms with Gasteiger partial charge in [0, 0.05) is 20.6 Å². The molecule has 1 fully saturated rings. The Balaban J connectivity index is 2.01. The maximum atomic E-state index is 5.79. The summed E-state index contributed by atoms with van der Waals surface area (Å²) in [6.45, 7) is 3.50. The highest BCUT2D eigenvalue weighted by Crippen LogP contribution is 2.24. The third-order valence-corrected chi connectivity index (χ3v) is 3.51. The first kappa shape index (κ1) is 14.8. The van der Waals surface area contributed by atoms with Gasteiger partial charge in [0.25, 0.3) is 0 Å². The van der Waals surface area contributed by atoms with Gasteiger partial charge in [-0.2, -0.15) is 15.0 Å². The minimum atomic E-state index is 0.422. The van der Waals surface area contributed by atoms with Gasteiger partial charge in [0.2, 0.25) is 11.9 Å². The highest BCUT2D eigenvalue weighted by molar-refractivity contribution is 5.36. The Morgan fingerprint density at radius 1 is 1.15 bits per heavy atom. The third-order valence-electron chi connectivity index (χ3n) is 3.51. The van der Waals surface area contributed by atoms with E-state index in [4.69, 9.17) is 4.74 Å². The van der Waals surface area contributed by atoms with E-state index in [2.05, 4.69) is 20.3 Å². The second-order valence-corrected chi connectivity index (χ2v) is 5.48. The average Bonchev–Trinajstić information content (AvgIpc) is 2.46. The van der Waals surface area contributed by atoms with Crippen molar-refractivity contribution in [1.82, 2.24) is 15.0 Å². The first-order valence-electron chi connectivity index (χ1n) is 7.49. The molecular weight excluding hydrogens is 254 g/mol. The van der Waals surface area contributed by atoms with Gasteiger partial charge in [-0.15, -0.1) is 0 Å². The molecule has 1 saturated carbocycles. The van der Waals surface area contributed by atoms with Gasteiger partial charge in [-0.25, -0.2) is 0 Å². The van der Waals surface area contributed by atoms with Crippen molar-refractivity contribution in [2.75, 3.05) is 37.5 Å². The van der Waals surface area contributed by atoms with Crippen LogP contribution < -0.4 is 15.0 Å². The smallest absolute Gasteiger partial charge is 0.323 e. The standard InChI is InChI=1S/C14H25N5O/c1-4-15-12-16-13(19(2)3)18-14(17-12)20-10-11-8-6-5-7-9-11/h11H,4-10H2,1-3H3,(H,15,16,17,18). The molecule has 1 heterocycles. The van der Waals surface area contributed by atoms with Crippen LogP contribution in [0.4, 0.5) is 11.9 Å². The molecule has 1 aliphatic carbocycles. The first-order valence-corrected chi connectivity index (χ1v) is 7.49. The normalized spacial score (nSPS) is 15.9. The van der Waals surface area contributed by atoms with Crippen LogP contribution in [0.2, 0.25) is 0 Å². The van der Waals surface area contributed by atoms with Crippen LogP contribution in [0.1, 0.15) is 39.0 Å². The molecule has 0 unspecified atom stereocenters. The van der Waals surface area contributed by atoms with Crippen molar-refractivity contribution in [1.29, 1.82) is 0 Å². The molecule has 1 aromatic rings. The molecule has 0 saturated heterocycles. The lowest BCUT2D eigenvalue weighted by Crippen LogP contribution is -2.19. The summed E-state index contributed by atoms with van der Waals surface area (Å²) in [6.07, 6.45) is 6.50. The maximum Gasteiger partial charge on any atom is 0.323 e. The summed E-state index contributed by atoms with van der Waals surface area (Å²) in [6, 6.07) is 0.422. The van der Waals surface area contributed by atoms with Crippen LogP contribution in [0.25, 0.3) is 0 Å². The Labute approximate surface area is 121 Å². The Kier molecular flexibility index (Phi) is 5.38. The Bertz CT molecular complexity index is 418. The second-order valence-electron chi connectivity index (χ2n) is 5.48. The lowest BCUT2D eigenvalue weighted by atomic mass is 9.90. The van der Waals surface area contributed by atoms with Crippen molar-refractivity contribution in [2.45, 2.75) is 39.0 Å². The summed E-state index contributed by atoms with van der Waals surface area (Å²) in [5, 5.41) is 3.11. The van der Waals surface area contributed by atoms with Crippen molar-refractivity contribution in [2.24, 2.45) is 5.92 Å². The first-order chi connectivity index (χ1) is 9.69. The Morgan fingerprint density at radius 3 is 2.55 bits per heavy atom. The summed E-state index contributed by atoms with van der Waals surface area (Å²) >= 11 is 0. The van der Waals surface area contributed by atoms with Gasteiger partial charge >= 0.3 is 6.01 Å². The molecule has 20 heavy (non-hydrogen) atoms. The number of hydrogen-bond donors (Lipinski definition) is 1. The van der Waals surface area contributed by atoms with E-state index in [1.807, 2.05) is 25.9 Å². The highest BCUT2D eigenvalue weighted by atomic mass is 16.5. The van der Waals surface area contributed by atoms with E-state index in [0.29, 0.717) is 30.4 Å². The summed E-state index contributed by atoms with van der Waals surface area (Å²) < 4.78 is 5.79. The van der Waals surface area contributed by atoms with E-state index in [0.717, 1.165) is 6.54 Å². The van der Waals surface area contributed by atoms with Crippen molar-refractivity contribution in [3.05, 3.63) is 0 Å². The summed E-state index contributed by atoms with van der Waals surface area (Å²) in [5.41, 5.74) is 0. The molecule has 0 amide bonds. The Morgan fingerprint density at radius 2 is 1.90 bits per heavy atom. The van der Waals surface area contributed by atoms with Gasteiger partial charge in [-0.3, -0.25) is 0 Å². The van der Waals surface area contributed by atoms with E-state index in [9.17, 15) is 0 Å². The molecule has 0 radical (unpaired) electrons. The van der Waals surface area contributed by atoms with Gasteiger partial charge in [-0.05, 0) is 25.7 Å². The molecule has 0 aliphatic heterocycles. The zero-order valence-corrected chi connectivity index (χ0v) is 12.7. The number of ether oxygens (including phenoxy) is 1. The molecule has 0 spiro atoms. The topological polar surface area (TPSA) is 63.2 Å². The van der Waals surface area contributed by atoms with Crippen molar-refractivity contribution < 1.29 is 4.74 Å². The number of nitrogens with zero attached hydrogens (tertiary/aromatic N) is 4. The fourth-order valence-corrected chi connectivity index (χ4v) is 2.39. The summed E-state index contributed by atoms with van der Waals surface area (Å²) in [5.74, 6) is 1.84. The number of rotatable bonds is 6. The predicted octanol–water partition coefficient (Wildman–Crippen LogP) is 2.33. The largest absolute Gasteiger partial charge is 0.463 e. The van der Waals surface area contributed by atoms with E-state index in [1.54, 1.807) is 0 Å². The number of nitrogens with one attached hydrogen (secondary N) is 1. The molecule has 112 valence electrons. The van der Waals surface area contributed by atoms with Gasteiger partial charge < -0.3 is 15.0 Å². The molecule has 1 N–H and O–H groups in total. The number of hydrogen-bond acceptors (Lipinski definition) is 6. The zero-order chi connectivity index (χ0) is 14.4. The fourth-order valence-electron chi connectivity index (χ4n) is 2.39. The fraction of sp³-hybridized carbons (Fsp3) is 0.786. The molecule has 2 rings (SSSR count). The summed E-state index contributed by atoms with van der Waals surface area (Å²) in [4.78, 5) is 14.8. The molecule has 0 bridgehead atoms. The third kappa shape index (κ3) is 4.21. The van der Waals surface area contributed by atoms with Gasteiger partial charge in [0.1, 0.15) is 0 Å². The molecule has 6 heteroatoms. The molecule has 6 nitrogen and oxygen atoms in total. The van der Waals surface area contributed by atoms with E-state index < -0.39 is 0 Å². The van der Waals surface area contributed by atoms with Crippen LogP contribution in [-0.4, -0.2) is 42.2 Å².